The molecule has 1 rings (SSSR count). The molecule has 0 saturated heterocycles. The SMILES string of the molecule is CCOC(=O)NCCC(=O)N(CC)[C@H](C)c1ccc(C#N)cc1. The monoisotopic (exact) mass is 317 g/mol. The fraction of sp³-hybridized carbons (Fsp3) is 0.471. The molecule has 0 aliphatic rings. The first-order valence-electron chi connectivity index (χ1n) is 7.73. The number of hydrogen-bond donors (Lipinski definition) is 1. The van der Waals surface area contributed by atoms with Crippen LogP contribution in [-0.2, 0) is 9.53 Å². The first-order chi connectivity index (χ1) is 11.0. The summed E-state index contributed by atoms with van der Waals surface area (Å²) < 4.78 is 4.75. The van der Waals surface area contributed by atoms with Crippen LogP contribution in [-0.4, -0.2) is 36.6 Å². The van der Waals surface area contributed by atoms with Crippen molar-refractivity contribution >= 4 is 12.0 Å². The Morgan fingerprint density at radius 1 is 1.30 bits per heavy atom. The molecule has 1 atom stereocenters. The first kappa shape index (κ1) is 18.5. The van der Waals surface area contributed by atoms with E-state index in [4.69, 9.17) is 10.00 Å². The number of ether oxygens (including phenoxy) is 1. The second kappa shape index (κ2) is 9.46. The molecule has 2 amide bonds. The maximum Gasteiger partial charge on any atom is 0.407 e. The lowest BCUT2D eigenvalue weighted by molar-refractivity contribution is -0.133. The van der Waals surface area contributed by atoms with Gasteiger partial charge in [-0.15, -0.1) is 0 Å². The minimum absolute atomic E-state index is 0.0406. The van der Waals surface area contributed by atoms with Crippen molar-refractivity contribution in [1.29, 1.82) is 5.26 Å². The molecule has 1 aromatic carbocycles. The van der Waals surface area contributed by atoms with E-state index in [1.807, 2.05) is 26.0 Å². The van der Waals surface area contributed by atoms with Crippen LogP contribution in [0.25, 0.3) is 0 Å². The molecule has 0 aromatic heterocycles. The van der Waals surface area contributed by atoms with Crippen LogP contribution in [0, 0.1) is 11.3 Å². The van der Waals surface area contributed by atoms with Gasteiger partial charge in [0.15, 0.2) is 0 Å². The van der Waals surface area contributed by atoms with E-state index in [1.165, 1.54) is 0 Å². The topological polar surface area (TPSA) is 82.4 Å². The fourth-order valence-electron chi connectivity index (χ4n) is 2.28. The maximum absolute atomic E-state index is 12.3. The molecule has 0 saturated carbocycles. The van der Waals surface area contributed by atoms with Crippen LogP contribution in [0.1, 0.15) is 44.4 Å². The highest BCUT2D eigenvalue weighted by Gasteiger charge is 2.19. The van der Waals surface area contributed by atoms with Crippen molar-refractivity contribution < 1.29 is 14.3 Å². The van der Waals surface area contributed by atoms with Gasteiger partial charge in [0, 0.05) is 19.5 Å². The average molecular weight is 317 g/mol. The molecule has 6 heteroatoms. The molecule has 6 nitrogen and oxygen atoms in total. The van der Waals surface area contributed by atoms with Crippen LogP contribution in [0.3, 0.4) is 0 Å². The second-order valence-corrected chi connectivity index (χ2v) is 4.99. The van der Waals surface area contributed by atoms with Gasteiger partial charge in [0.2, 0.25) is 5.91 Å². The third kappa shape index (κ3) is 5.62. The number of carbonyl (C=O) groups is 2. The number of nitriles is 1. The van der Waals surface area contributed by atoms with Gasteiger partial charge in [0.1, 0.15) is 0 Å². The minimum atomic E-state index is -0.511. The summed E-state index contributed by atoms with van der Waals surface area (Å²) in [5.41, 5.74) is 1.56. The number of benzene rings is 1. The zero-order valence-electron chi connectivity index (χ0n) is 13.8. The molecule has 0 aliphatic carbocycles. The largest absolute Gasteiger partial charge is 0.450 e. The van der Waals surface area contributed by atoms with E-state index in [0.29, 0.717) is 18.7 Å². The Labute approximate surface area is 137 Å². The fourth-order valence-corrected chi connectivity index (χ4v) is 2.28. The van der Waals surface area contributed by atoms with Crippen molar-refractivity contribution in [3.63, 3.8) is 0 Å². The zero-order valence-corrected chi connectivity index (χ0v) is 13.8. The molecule has 23 heavy (non-hydrogen) atoms. The van der Waals surface area contributed by atoms with E-state index in [0.717, 1.165) is 5.56 Å². The second-order valence-electron chi connectivity index (χ2n) is 4.99. The average Bonchev–Trinajstić information content (AvgIpc) is 2.55. The lowest BCUT2D eigenvalue weighted by Gasteiger charge is -2.28. The third-order valence-corrected chi connectivity index (χ3v) is 3.53. The lowest BCUT2D eigenvalue weighted by atomic mass is 10.0. The van der Waals surface area contributed by atoms with E-state index in [1.54, 1.807) is 24.0 Å². The van der Waals surface area contributed by atoms with Crippen molar-refractivity contribution in [3.8, 4) is 6.07 Å². The highest BCUT2D eigenvalue weighted by atomic mass is 16.5. The van der Waals surface area contributed by atoms with Gasteiger partial charge in [-0.25, -0.2) is 4.79 Å². The number of amides is 2. The summed E-state index contributed by atoms with van der Waals surface area (Å²) in [6.07, 6.45) is -0.295. The van der Waals surface area contributed by atoms with Gasteiger partial charge in [0.25, 0.3) is 0 Å². The summed E-state index contributed by atoms with van der Waals surface area (Å²) >= 11 is 0. The Hall–Kier alpha value is -2.55. The van der Waals surface area contributed by atoms with Crippen molar-refractivity contribution in [2.24, 2.45) is 0 Å². The van der Waals surface area contributed by atoms with E-state index in [-0.39, 0.29) is 24.9 Å². The Balaban J connectivity index is 2.61. The molecule has 0 bridgehead atoms. The van der Waals surface area contributed by atoms with E-state index in [9.17, 15) is 9.59 Å². The van der Waals surface area contributed by atoms with E-state index >= 15 is 0 Å². The number of nitrogens with zero attached hydrogens (tertiary/aromatic N) is 2. The van der Waals surface area contributed by atoms with Crippen LogP contribution >= 0.6 is 0 Å². The number of carbonyl (C=O) groups excluding carboxylic acids is 2. The van der Waals surface area contributed by atoms with E-state index in [2.05, 4.69) is 11.4 Å². The van der Waals surface area contributed by atoms with Gasteiger partial charge in [-0.1, -0.05) is 12.1 Å². The first-order valence-corrected chi connectivity index (χ1v) is 7.73. The Morgan fingerprint density at radius 3 is 2.48 bits per heavy atom. The highest BCUT2D eigenvalue weighted by molar-refractivity contribution is 5.77. The number of alkyl carbamates (subject to hydrolysis) is 1. The predicted molar refractivity (Wildman–Crippen MR) is 86.6 cm³/mol. The quantitative estimate of drug-likeness (QED) is 0.838. The molecule has 1 aromatic rings. The van der Waals surface area contributed by atoms with Crippen LogP contribution in [0.5, 0.6) is 0 Å². The summed E-state index contributed by atoms with van der Waals surface area (Å²) in [4.78, 5) is 25.3. The molecule has 0 radical (unpaired) electrons. The van der Waals surface area contributed by atoms with Crippen molar-refractivity contribution in [1.82, 2.24) is 10.2 Å². The molecule has 1 N–H and O–H groups in total. The van der Waals surface area contributed by atoms with Crippen LogP contribution in [0.4, 0.5) is 4.79 Å². The number of hydrogen-bond acceptors (Lipinski definition) is 4. The molecular formula is C17H23N3O3. The summed E-state index contributed by atoms with van der Waals surface area (Å²) in [7, 11) is 0. The molecule has 124 valence electrons. The Kier molecular flexibility index (Phi) is 7.61. The molecule has 0 heterocycles. The van der Waals surface area contributed by atoms with Gasteiger partial charge in [-0.3, -0.25) is 4.79 Å². The molecule has 0 aliphatic heterocycles. The lowest BCUT2D eigenvalue weighted by Crippen LogP contribution is -2.36. The van der Waals surface area contributed by atoms with Gasteiger partial charge >= 0.3 is 6.09 Å². The van der Waals surface area contributed by atoms with Gasteiger partial charge < -0.3 is 15.0 Å². The standard InChI is InChI=1S/C17H23N3O3/c1-4-20(16(21)10-11-19-17(22)23-5-2)13(3)15-8-6-14(12-18)7-9-15/h6-9,13H,4-5,10-11H2,1-3H3,(H,19,22)/t13-/m1/s1. The third-order valence-electron chi connectivity index (χ3n) is 3.53. The van der Waals surface area contributed by atoms with Crippen LogP contribution < -0.4 is 5.32 Å². The van der Waals surface area contributed by atoms with Crippen molar-refractivity contribution in [2.75, 3.05) is 19.7 Å². The normalized spacial score (nSPS) is 11.2. The Bertz CT molecular complexity index is 563. The predicted octanol–water partition coefficient (Wildman–Crippen LogP) is 2.60. The molecule has 0 unspecified atom stereocenters. The summed E-state index contributed by atoms with van der Waals surface area (Å²) in [6.45, 7) is 6.70. The Morgan fingerprint density at radius 2 is 1.96 bits per heavy atom. The zero-order chi connectivity index (χ0) is 17.2. The maximum atomic E-state index is 12.3. The summed E-state index contributed by atoms with van der Waals surface area (Å²) in [6, 6.07) is 9.18. The van der Waals surface area contributed by atoms with Crippen molar-refractivity contribution in [3.05, 3.63) is 35.4 Å². The van der Waals surface area contributed by atoms with Gasteiger partial charge in [-0.05, 0) is 38.5 Å². The number of rotatable bonds is 7. The van der Waals surface area contributed by atoms with Crippen molar-refractivity contribution in [2.45, 2.75) is 33.2 Å². The molecule has 0 spiro atoms. The number of nitrogens with one attached hydrogen (secondary N) is 1. The van der Waals surface area contributed by atoms with Crippen LogP contribution in [0.15, 0.2) is 24.3 Å². The van der Waals surface area contributed by atoms with Gasteiger partial charge in [-0.2, -0.15) is 5.26 Å². The summed E-state index contributed by atoms with van der Waals surface area (Å²) in [5.74, 6) is -0.0406. The highest BCUT2D eigenvalue weighted by Crippen LogP contribution is 2.21. The summed E-state index contributed by atoms with van der Waals surface area (Å²) in [5, 5.41) is 11.4. The van der Waals surface area contributed by atoms with Gasteiger partial charge in [0.05, 0.1) is 24.3 Å². The van der Waals surface area contributed by atoms with Crippen LogP contribution in [0.2, 0.25) is 0 Å². The van der Waals surface area contributed by atoms with E-state index < -0.39 is 6.09 Å². The molecule has 0 fully saturated rings. The smallest absolute Gasteiger partial charge is 0.407 e. The molecular weight excluding hydrogens is 294 g/mol. The minimum Gasteiger partial charge on any atom is -0.450 e.